The normalized spacial score (nSPS) is 33.2. The minimum Gasteiger partial charge on any atom is -0.493 e. The van der Waals surface area contributed by atoms with Crippen molar-refractivity contribution in [2.45, 2.75) is 57.0 Å². The third-order valence-corrected chi connectivity index (χ3v) is 5.53. The molecule has 118 valence electrons. The quantitative estimate of drug-likeness (QED) is 0.584. The molecule has 0 aromatic heterocycles. The first-order valence-electron chi connectivity index (χ1n) is 8.78. The number of fused-ring (bicyclic) bond motifs is 2. The summed E-state index contributed by atoms with van der Waals surface area (Å²) in [4.78, 5) is 0. The van der Waals surface area contributed by atoms with Crippen molar-refractivity contribution >= 4 is 0 Å². The summed E-state index contributed by atoms with van der Waals surface area (Å²) in [6.45, 7) is 4.05. The molecule has 0 spiro atoms. The Kier molecular flexibility index (Phi) is 3.73. The number of epoxide rings is 1. The zero-order valence-electron chi connectivity index (χ0n) is 13.5. The lowest BCUT2D eigenvalue weighted by molar-refractivity contribution is 0.269. The number of allylic oxidation sites excluding steroid dienone is 2. The van der Waals surface area contributed by atoms with Crippen LogP contribution in [0.4, 0.5) is 0 Å². The smallest absolute Gasteiger partial charge is 0.119 e. The molecule has 2 fully saturated rings. The van der Waals surface area contributed by atoms with E-state index >= 15 is 0 Å². The molecule has 2 heteroatoms. The number of ether oxygens (including phenoxy) is 2. The van der Waals surface area contributed by atoms with E-state index in [-0.39, 0.29) is 0 Å². The van der Waals surface area contributed by atoms with Crippen molar-refractivity contribution in [3.05, 3.63) is 41.5 Å². The summed E-state index contributed by atoms with van der Waals surface area (Å²) in [7, 11) is 0. The zero-order chi connectivity index (χ0) is 15.0. The molecule has 3 unspecified atom stereocenters. The van der Waals surface area contributed by atoms with Gasteiger partial charge in [0.25, 0.3) is 0 Å². The number of hydrogen-bond donors (Lipinski definition) is 0. The Morgan fingerprint density at radius 2 is 2.09 bits per heavy atom. The maximum absolute atomic E-state index is 5.83. The summed E-state index contributed by atoms with van der Waals surface area (Å²) in [5.41, 5.74) is 3.60. The molecule has 0 amide bonds. The number of rotatable bonds is 5. The molecule has 2 nitrogen and oxygen atoms in total. The second-order valence-electron chi connectivity index (χ2n) is 7.43. The van der Waals surface area contributed by atoms with Crippen molar-refractivity contribution in [1.29, 1.82) is 0 Å². The maximum atomic E-state index is 5.83. The summed E-state index contributed by atoms with van der Waals surface area (Å²) in [6.07, 6.45) is 10.6. The van der Waals surface area contributed by atoms with Gasteiger partial charge in [-0.05, 0) is 61.1 Å². The SMILES string of the molecule is CC1C=C2CCCC(c3ccc(OCCC4CO4)cc3)(C2)C1. The van der Waals surface area contributed by atoms with E-state index in [1.165, 1.54) is 37.7 Å². The summed E-state index contributed by atoms with van der Waals surface area (Å²) < 4.78 is 11.0. The first-order valence-corrected chi connectivity index (χ1v) is 8.78. The van der Waals surface area contributed by atoms with Crippen LogP contribution in [0.1, 0.15) is 51.0 Å². The summed E-state index contributed by atoms with van der Waals surface area (Å²) in [5, 5.41) is 0. The minimum atomic E-state index is 0.391. The number of hydrogen-bond acceptors (Lipinski definition) is 2. The van der Waals surface area contributed by atoms with Crippen LogP contribution in [-0.2, 0) is 10.2 Å². The molecular formula is C20H26O2. The lowest BCUT2D eigenvalue weighted by atomic mass is 9.60. The van der Waals surface area contributed by atoms with E-state index in [1.54, 1.807) is 5.57 Å². The Morgan fingerprint density at radius 3 is 2.86 bits per heavy atom. The monoisotopic (exact) mass is 298 g/mol. The molecule has 1 aliphatic heterocycles. The Balaban J connectivity index is 1.46. The van der Waals surface area contributed by atoms with E-state index in [1.807, 2.05) is 0 Å². The van der Waals surface area contributed by atoms with Crippen molar-refractivity contribution in [2.75, 3.05) is 13.2 Å². The lowest BCUT2D eigenvalue weighted by Crippen LogP contribution is -2.34. The van der Waals surface area contributed by atoms with Gasteiger partial charge < -0.3 is 9.47 Å². The molecule has 2 aliphatic carbocycles. The van der Waals surface area contributed by atoms with Crippen LogP contribution in [0.3, 0.4) is 0 Å². The van der Waals surface area contributed by atoms with E-state index in [0.717, 1.165) is 31.3 Å². The van der Waals surface area contributed by atoms with Crippen LogP contribution in [0.5, 0.6) is 5.75 Å². The van der Waals surface area contributed by atoms with Crippen molar-refractivity contribution in [2.24, 2.45) is 5.92 Å². The first kappa shape index (κ1) is 14.3. The molecule has 4 rings (SSSR count). The zero-order valence-corrected chi connectivity index (χ0v) is 13.5. The van der Waals surface area contributed by atoms with Crippen LogP contribution < -0.4 is 4.74 Å². The molecular weight excluding hydrogens is 272 g/mol. The Morgan fingerprint density at radius 1 is 1.27 bits per heavy atom. The molecule has 0 N–H and O–H groups in total. The van der Waals surface area contributed by atoms with Crippen LogP contribution in [0.2, 0.25) is 0 Å². The van der Waals surface area contributed by atoms with Gasteiger partial charge in [0.05, 0.1) is 19.3 Å². The molecule has 1 saturated heterocycles. The highest BCUT2D eigenvalue weighted by atomic mass is 16.6. The molecule has 1 heterocycles. The summed E-state index contributed by atoms with van der Waals surface area (Å²) in [5.74, 6) is 1.72. The van der Waals surface area contributed by atoms with E-state index in [2.05, 4.69) is 37.3 Å². The average Bonchev–Trinajstić information content (AvgIpc) is 3.31. The Labute approximate surface area is 133 Å². The standard InChI is InChI=1S/C20H26O2/c1-15-11-16-3-2-9-20(12-15,13-16)17-4-6-18(7-5-17)21-10-8-19-14-22-19/h4-7,11,15,19H,2-3,8-10,12-14H2,1H3. The Bertz CT molecular complexity index is 556. The van der Waals surface area contributed by atoms with E-state index in [0.29, 0.717) is 11.5 Å². The van der Waals surface area contributed by atoms with Crippen LogP contribution in [0, 0.1) is 5.92 Å². The van der Waals surface area contributed by atoms with Gasteiger partial charge in [0.15, 0.2) is 0 Å². The van der Waals surface area contributed by atoms with Gasteiger partial charge in [-0.3, -0.25) is 0 Å². The second-order valence-corrected chi connectivity index (χ2v) is 7.43. The van der Waals surface area contributed by atoms with E-state index < -0.39 is 0 Å². The molecule has 0 radical (unpaired) electrons. The van der Waals surface area contributed by atoms with Crippen molar-refractivity contribution in [3.63, 3.8) is 0 Å². The molecule has 3 aliphatic rings. The van der Waals surface area contributed by atoms with Gasteiger partial charge in [-0.1, -0.05) is 30.7 Å². The number of benzene rings is 1. The molecule has 2 bridgehead atoms. The third kappa shape index (κ3) is 2.94. The fraction of sp³-hybridized carbons (Fsp3) is 0.600. The van der Waals surface area contributed by atoms with Gasteiger partial charge in [0.1, 0.15) is 5.75 Å². The topological polar surface area (TPSA) is 21.8 Å². The van der Waals surface area contributed by atoms with Gasteiger partial charge in [-0.25, -0.2) is 0 Å². The highest BCUT2D eigenvalue weighted by molar-refractivity contribution is 5.36. The van der Waals surface area contributed by atoms with Gasteiger partial charge in [0.2, 0.25) is 0 Å². The highest BCUT2D eigenvalue weighted by Gasteiger charge is 2.39. The third-order valence-electron chi connectivity index (χ3n) is 5.53. The van der Waals surface area contributed by atoms with Crippen LogP contribution in [0.25, 0.3) is 0 Å². The predicted molar refractivity (Wildman–Crippen MR) is 88.3 cm³/mol. The van der Waals surface area contributed by atoms with Gasteiger partial charge in [0, 0.05) is 6.42 Å². The molecule has 1 aromatic rings. The average molecular weight is 298 g/mol. The Hall–Kier alpha value is -1.28. The summed E-state index contributed by atoms with van der Waals surface area (Å²) >= 11 is 0. The van der Waals surface area contributed by atoms with Crippen LogP contribution in [0.15, 0.2) is 35.9 Å². The van der Waals surface area contributed by atoms with E-state index in [9.17, 15) is 0 Å². The molecule has 1 aromatic carbocycles. The van der Waals surface area contributed by atoms with Gasteiger partial charge in [-0.15, -0.1) is 0 Å². The second kappa shape index (κ2) is 5.73. The van der Waals surface area contributed by atoms with Gasteiger partial charge in [-0.2, -0.15) is 0 Å². The summed E-state index contributed by atoms with van der Waals surface area (Å²) in [6, 6.07) is 8.94. The fourth-order valence-corrected chi connectivity index (χ4v) is 4.47. The first-order chi connectivity index (χ1) is 10.7. The van der Waals surface area contributed by atoms with Gasteiger partial charge >= 0.3 is 0 Å². The van der Waals surface area contributed by atoms with Crippen molar-refractivity contribution in [1.82, 2.24) is 0 Å². The fourth-order valence-electron chi connectivity index (χ4n) is 4.47. The van der Waals surface area contributed by atoms with E-state index in [4.69, 9.17) is 9.47 Å². The van der Waals surface area contributed by atoms with Crippen molar-refractivity contribution < 1.29 is 9.47 Å². The largest absolute Gasteiger partial charge is 0.493 e. The molecule has 22 heavy (non-hydrogen) atoms. The lowest BCUT2D eigenvalue weighted by Gasteiger charge is -2.44. The van der Waals surface area contributed by atoms with Crippen molar-refractivity contribution in [3.8, 4) is 5.75 Å². The van der Waals surface area contributed by atoms with Crippen LogP contribution in [-0.4, -0.2) is 19.3 Å². The van der Waals surface area contributed by atoms with Crippen LogP contribution >= 0.6 is 0 Å². The highest BCUT2D eigenvalue weighted by Crippen LogP contribution is 2.49. The maximum Gasteiger partial charge on any atom is 0.119 e. The minimum absolute atomic E-state index is 0.391. The predicted octanol–water partition coefficient (Wildman–Crippen LogP) is 4.63. The molecule has 1 saturated carbocycles. The molecule has 3 atom stereocenters.